The zero-order valence-corrected chi connectivity index (χ0v) is 19.9. The summed E-state index contributed by atoms with van der Waals surface area (Å²) >= 11 is 0. The minimum atomic E-state index is -4.22. The van der Waals surface area contributed by atoms with Crippen LogP contribution in [0.4, 0.5) is 10.5 Å². The maximum atomic E-state index is 12.9. The number of amides is 2. The molecule has 0 saturated carbocycles. The van der Waals surface area contributed by atoms with Gasteiger partial charge in [0.2, 0.25) is 11.8 Å². The van der Waals surface area contributed by atoms with Crippen LogP contribution in [-0.2, 0) is 16.6 Å². The van der Waals surface area contributed by atoms with Crippen LogP contribution in [0.25, 0.3) is 0 Å². The lowest BCUT2D eigenvalue weighted by atomic mass is 9.97. The summed E-state index contributed by atoms with van der Waals surface area (Å²) in [5.41, 5.74) is 1.86. The number of ether oxygens (including phenoxy) is 2. The van der Waals surface area contributed by atoms with E-state index in [9.17, 15) is 13.2 Å². The fourth-order valence-electron chi connectivity index (χ4n) is 3.42. The lowest BCUT2D eigenvalue weighted by Gasteiger charge is -2.24. The molecular weight excluding hydrogens is 436 g/mol. The first-order chi connectivity index (χ1) is 15.1. The highest BCUT2D eigenvalue weighted by molar-refractivity contribution is 7.90. The van der Waals surface area contributed by atoms with Gasteiger partial charge in [-0.3, -0.25) is 0 Å². The molecule has 2 aromatic heterocycles. The fourth-order valence-corrected chi connectivity index (χ4v) is 4.41. The normalized spacial score (nSPS) is 15.9. The Morgan fingerprint density at radius 3 is 2.59 bits per heavy atom. The highest BCUT2D eigenvalue weighted by Crippen LogP contribution is 2.34. The minimum absolute atomic E-state index is 0.0145. The molecule has 3 heterocycles. The van der Waals surface area contributed by atoms with E-state index < -0.39 is 16.1 Å². The third-order valence-electron chi connectivity index (χ3n) is 5.17. The quantitative estimate of drug-likeness (QED) is 0.564. The van der Waals surface area contributed by atoms with Crippen molar-refractivity contribution < 1.29 is 22.7 Å². The number of hydrogen-bond acceptors (Lipinski definition) is 8. The number of hydrogen-bond donors (Lipinski definition) is 3. The van der Waals surface area contributed by atoms with Crippen LogP contribution in [0.2, 0.25) is 0 Å². The van der Waals surface area contributed by atoms with Gasteiger partial charge in [0.25, 0.3) is 10.0 Å². The molecule has 3 N–H and O–H groups in total. The standard InChI is InChI=1S/C20H30N6O5S/c1-11(2)14-7-16(30-6)23-17(12(3)4)18(14)24-20(27)25-32(28,29)15-8-22-26-9-13(21-5)10-31-19(15)26/h7-8,11-13,21H,9-10H2,1-6H3,(H2,24,25,27). The van der Waals surface area contributed by atoms with Crippen LogP contribution in [0.15, 0.2) is 17.2 Å². The maximum absolute atomic E-state index is 12.9. The van der Waals surface area contributed by atoms with Crippen LogP contribution in [0.5, 0.6) is 11.8 Å². The fraction of sp³-hybridized carbons (Fsp3) is 0.550. The second-order valence-electron chi connectivity index (χ2n) is 8.18. The molecule has 0 aromatic carbocycles. The molecule has 0 spiro atoms. The molecule has 1 aliphatic rings. The molecule has 0 saturated heterocycles. The van der Waals surface area contributed by atoms with Gasteiger partial charge in [-0.15, -0.1) is 0 Å². The Balaban J connectivity index is 1.87. The molecule has 1 aliphatic heterocycles. The molecule has 1 unspecified atom stereocenters. The number of aromatic nitrogens is 3. The zero-order valence-electron chi connectivity index (χ0n) is 19.1. The average molecular weight is 467 g/mol. The first-order valence-corrected chi connectivity index (χ1v) is 11.8. The van der Waals surface area contributed by atoms with E-state index in [1.807, 2.05) is 27.7 Å². The van der Waals surface area contributed by atoms with Crippen molar-refractivity contribution >= 4 is 21.7 Å². The van der Waals surface area contributed by atoms with Gasteiger partial charge < -0.3 is 20.1 Å². The Labute approximate surface area is 187 Å². The Morgan fingerprint density at radius 2 is 2.00 bits per heavy atom. The Hall–Kier alpha value is -2.86. The molecule has 1 atom stereocenters. The van der Waals surface area contributed by atoms with Gasteiger partial charge in [0.15, 0.2) is 4.90 Å². The molecule has 0 fully saturated rings. The van der Waals surface area contributed by atoms with Crippen molar-refractivity contribution in [1.29, 1.82) is 0 Å². The molecule has 176 valence electrons. The maximum Gasteiger partial charge on any atom is 0.333 e. The number of methoxy groups -OCH3 is 1. The molecule has 12 heteroatoms. The summed E-state index contributed by atoms with van der Waals surface area (Å²) in [6.07, 6.45) is 1.18. The largest absolute Gasteiger partial charge is 0.481 e. The smallest absolute Gasteiger partial charge is 0.333 e. The van der Waals surface area contributed by atoms with Gasteiger partial charge >= 0.3 is 6.03 Å². The summed E-state index contributed by atoms with van der Waals surface area (Å²) in [5, 5.41) is 9.82. The van der Waals surface area contributed by atoms with Crippen molar-refractivity contribution in [3.8, 4) is 11.8 Å². The van der Waals surface area contributed by atoms with E-state index in [-0.39, 0.29) is 28.7 Å². The molecule has 2 amide bonds. The highest BCUT2D eigenvalue weighted by atomic mass is 32.2. The van der Waals surface area contributed by atoms with Crippen molar-refractivity contribution in [2.45, 2.75) is 57.0 Å². The van der Waals surface area contributed by atoms with Crippen LogP contribution >= 0.6 is 0 Å². The average Bonchev–Trinajstić information content (AvgIpc) is 3.17. The van der Waals surface area contributed by atoms with Gasteiger partial charge in [-0.05, 0) is 24.4 Å². The summed E-state index contributed by atoms with van der Waals surface area (Å²) in [4.78, 5) is 17.0. The van der Waals surface area contributed by atoms with Gasteiger partial charge in [-0.2, -0.15) is 5.10 Å². The predicted octanol–water partition coefficient (Wildman–Crippen LogP) is 2.02. The van der Waals surface area contributed by atoms with Crippen molar-refractivity contribution in [1.82, 2.24) is 24.8 Å². The number of carbonyl (C=O) groups excluding carboxylic acids is 1. The van der Waals surface area contributed by atoms with Gasteiger partial charge in [0.1, 0.15) is 6.61 Å². The van der Waals surface area contributed by atoms with E-state index in [4.69, 9.17) is 9.47 Å². The second-order valence-corrected chi connectivity index (χ2v) is 9.83. The molecule has 11 nitrogen and oxygen atoms in total. The number of sulfonamides is 1. The van der Waals surface area contributed by atoms with E-state index in [0.29, 0.717) is 30.4 Å². The molecule has 3 rings (SSSR count). The van der Waals surface area contributed by atoms with Crippen LogP contribution in [-0.4, -0.2) is 56.0 Å². The summed E-state index contributed by atoms with van der Waals surface area (Å²) in [6.45, 7) is 8.55. The molecule has 2 aromatic rings. The number of pyridine rings is 1. The number of likely N-dealkylation sites (N-methyl/N-ethyl adjacent to an activating group) is 1. The van der Waals surface area contributed by atoms with Crippen LogP contribution in [0.1, 0.15) is 50.8 Å². The topological polar surface area (TPSA) is 136 Å². The molecule has 0 aliphatic carbocycles. The number of rotatable bonds is 7. The van der Waals surface area contributed by atoms with Crippen LogP contribution < -0.4 is 24.8 Å². The molecular formula is C20H30N6O5S. The minimum Gasteiger partial charge on any atom is -0.481 e. The molecule has 32 heavy (non-hydrogen) atoms. The molecule has 0 radical (unpaired) electrons. The van der Waals surface area contributed by atoms with E-state index >= 15 is 0 Å². The highest BCUT2D eigenvalue weighted by Gasteiger charge is 2.31. The van der Waals surface area contributed by atoms with Crippen molar-refractivity contribution in [3.05, 3.63) is 23.5 Å². The number of anilines is 1. The number of fused-ring (bicyclic) bond motifs is 1. The van der Waals surface area contributed by atoms with Crippen molar-refractivity contribution in [2.75, 3.05) is 26.1 Å². The van der Waals surface area contributed by atoms with Gasteiger partial charge in [0.05, 0.1) is 37.3 Å². The predicted molar refractivity (Wildman–Crippen MR) is 119 cm³/mol. The van der Waals surface area contributed by atoms with E-state index in [1.165, 1.54) is 18.0 Å². The third-order valence-corrected chi connectivity index (χ3v) is 6.48. The SMILES string of the molecule is CNC1COc2c(S(=O)(=O)NC(=O)Nc3c(C(C)C)cc(OC)nc3C(C)C)cnn2C1. The Bertz CT molecular complexity index is 1070. The van der Waals surface area contributed by atoms with E-state index in [2.05, 4.69) is 25.4 Å². The van der Waals surface area contributed by atoms with Gasteiger partial charge in [0, 0.05) is 6.07 Å². The van der Waals surface area contributed by atoms with E-state index in [0.717, 1.165) is 5.56 Å². The second kappa shape index (κ2) is 9.33. The molecule has 0 bridgehead atoms. The van der Waals surface area contributed by atoms with Gasteiger partial charge in [-0.1, -0.05) is 27.7 Å². The summed E-state index contributed by atoms with van der Waals surface area (Å²) in [7, 11) is -0.904. The van der Waals surface area contributed by atoms with Crippen molar-refractivity contribution in [2.24, 2.45) is 0 Å². The monoisotopic (exact) mass is 466 g/mol. The Kier molecular flexibility index (Phi) is 6.94. The summed E-state index contributed by atoms with van der Waals surface area (Å²) in [5.74, 6) is 0.534. The zero-order chi connectivity index (χ0) is 23.6. The first kappa shape index (κ1) is 23.8. The third kappa shape index (κ3) is 4.80. The Morgan fingerprint density at radius 1 is 1.28 bits per heavy atom. The van der Waals surface area contributed by atoms with E-state index in [1.54, 1.807) is 13.1 Å². The van der Waals surface area contributed by atoms with Gasteiger partial charge in [-0.25, -0.2) is 27.6 Å². The van der Waals surface area contributed by atoms with Crippen LogP contribution in [0, 0.1) is 0 Å². The van der Waals surface area contributed by atoms with Crippen molar-refractivity contribution in [3.63, 3.8) is 0 Å². The lowest BCUT2D eigenvalue weighted by Crippen LogP contribution is -2.40. The summed E-state index contributed by atoms with van der Waals surface area (Å²) in [6, 6.07) is 0.853. The first-order valence-electron chi connectivity index (χ1n) is 10.4. The number of nitrogens with one attached hydrogen (secondary N) is 3. The van der Waals surface area contributed by atoms with Crippen LogP contribution in [0.3, 0.4) is 0 Å². The summed E-state index contributed by atoms with van der Waals surface area (Å²) < 4.78 is 40.2. The lowest BCUT2D eigenvalue weighted by molar-refractivity contribution is 0.184. The number of nitrogens with zero attached hydrogens (tertiary/aromatic N) is 3. The number of carbonyl (C=O) groups is 1. The number of urea groups is 1.